The Morgan fingerprint density at radius 1 is 0.333 bits per heavy atom. The highest BCUT2D eigenvalue weighted by molar-refractivity contribution is 6.14. The van der Waals surface area contributed by atoms with Crippen molar-refractivity contribution in [3.8, 4) is 44.8 Å². The average Bonchev–Trinajstić information content (AvgIpc) is 3.08. The Kier molecular flexibility index (Phi) is 5.82. The van der Waals surface area contributed by atoms with E-state index in [1.807, 2.05) is 6.07 Å². The van der Waals surface area contributed by atoms with Gasteiger partial charge in [-0.2, -0.15) is 0 Å². The van der Waals surface area contributed by atoms with Crippen LogP contribution in [0.5, 0.6) is 0 Å². The second-order valence-corrected chi connectivity index (χ2v) is 10.6. The van der Waals surface area contributed by atoms with Gasteiger partial charge in [0.25, 0.3) is 0 Å². The summed E-state index contributed by atoms with van der Waals surface area (Å²) in [6, 6.07) is 55.6. The monoisotopic (exact) mass is 534 g/mol. The second kappa shape index (κ2) is 10.1. The van der Waals surface area contributed by atoms with Crippen LogP contribution in [0.15, 0.2) is 158 Å². The van der Waals surface area contributed by atoms with Gasteiger partial charge in [-0.1, -0.05) is 133 Å². The van der Waals surface area contributed by atoms with E-state index in [1.54, 1.807) is 0 Å². The van der Waals surface area contributed by atoms with Gasteiger partial charge in [-0.05, 0) is 68.4 Å². The molecule has 2 heteroatoms. The van der Waals surface area contributed by atoms with E-state index in [4.69, 9.17) is 9.97 Å². The van der Waals surface area contributed by atoms with Gasteiger partial charge in [0.1, 0.15) is 0 Å². The molecule has 0 amide bonds. The SMILES string of the molecule is c1ccc(-c2ccc(-c3cc(-c4cc(-c5ccccc5)c5ccccc5n4)nc4ccc5ccccc5c34)cc2)cc1. The van der Waals surface area contributed by atoms with E-state index in [-0.39, 0.29) is 0 Å². The Hall–Kier alpha value is -5.60. The Morgan fingerprint density at radius 3 is 1.62 bits per heavy atom. The molecule has 2 heterocycles. The van der Waals surface area contributed by atoms with Gasteiger partial charge in [0, 0.05) is 10.8 Å². The molecule has 0 aliphatic heterocycles. The van der Waals surface area contributed by atoms with Crippen molar-refractivity contribution in [2.24, 2.45) is 0 Å². The van der Waals surface area contributed by atoms with E-state index in [2.05, 4.69) is 152 Å². The molecule has 42 heavy (non-hydrogen) atoms. The van der Waals surface area contributed by atoms with E-state index in [1.165, 1.54) is 27.5 Å². The Balaban J connectivity index is 1.38. The molecular weight excluding hydrogens is 508 g/mol. The van der Waals surface area contributed by atoms with Crippen molar-refractivity contribution in [3.63, 3.8) is 0 Å². The van der Waals surface area contributed by atoms with E-state index in [9.17, 15) is 0 Å². The van der Waals surface area contributed by atoms with Gasteiger partial charge in [0.2, 0.25) is 0 Å². The number of benzene rings is 6. The highest BCUT2D eigenvalue weighted by Crippen LogP contribution is 2.38. The third-order valence-corrected chi connectivity index (χ3v) is 8.06. The lowest BCUT2D eigenvalue weighted by Crippen LogP contribution is -1.95. The Bertz CT molecular complexity index is 2220. The number of para-hydroxylation sites is 1. The number of fused-ring (bicyclic) bond motifs is 4. The van der Waals surface area contributed by atoms with E-state index >= 15 is 0 Å². The van der Waals surface area contributed by atoms with Crippen LogP contribution in [0.2, 0.25) is 0 Å². The summed E-state index contributed by atoms with van der Waals surface area (Å²) in [5, 5.41) is 4.70. The summed E-state index contributed by atoms with van der Waals surface area (Å²) in [5.41, 5.74) is 10.7. The van der Waals surface area contributed by atoms with Gasteiger partial charge in [-0.15, -0.1) is 0 Å². The van der Waals surface area contributed by atoms with Gasteiger partial charge in [0.15, 0.2) is 0 Å². The maximum atomic E-state index is 5.23. The third kappa shape index (κ3) is 4.22. The normalized spacial score (nSPS) is 11.3. The van der Waals surface area contributed by atoms with Crippen molar-refractivity contribution in [2.75, 3.05) is 0 Å². The molecule has 0 unspecified atom stereocenters. The number of hydrogen-bond acceptors (Lipinski definition) is 2. The molecule has 8 rings (SSSR count). The molecule has 0 atom stereocenters. The quantitative estimate of drug-likeness (QED) is 0.210. The van der Waals surface area contributed by atoms with Crippen molar-refractivity contribution >= 4 is 32.6 Å². The summed E-state index contributed by atoms with van der Waals surface area (Å²) in [6.45, 7) is 0. The molecule has 8 aromatic rings. The average molecular weight is 535 g/mol. The molecule has 2 aromatic heterocycles. The lowest BCUT2D eigenvalue weighted by Gasteiger charge is -2.15. The van der Waals surface area contributed by atoms with Crippen LogP contribution < -0.4 is 0 Å². The van der Waals surface area contributed by atoms with Gasteiger partial charge < -0.3 is 0 Å². The smallest absolute Gasteiger partial charge is 0.0900 e. The van der Waals surface area contributed by atoms with Crippen LogP contribution in [0.3, 0.4) is 0 Å². The molecule has 196 valence electrons. The van der Waals surface area contributed by atoms with Crippen LogP contribution in [0, 0.1) is 0 Å². The topological polar surface area (TPSA) is 25.8 Å². The number of pyridine rings is 2. The first-order valence-electron chi connectivity index (χ1n) is 14.3. The fraction of sp³-hybridized carbons (Fsp3) is 0. The molecule has 0 spiro atoms. The lowest BCUT2D eigenvalue weighted by atomic mass is 9.93. The van der Waals surface area contributed by atoms with Crippen molar-refractivity contribution < 1.29 is 0 Å². The minimum absolute atomic E-state index is 0.864. The van der Waals surface area contributed by atoms with Crippen LogP contribution in [-0.2, 0) is 0 Å². The van der Waals surface area contributed by atoms with Crippen molar-refractivity contribution in [2.45, 2.75) is 0 Å². The predicted molar refractivity (Wildman–Crippen MR) is 176 cm³/mol. The van der Waals surface area contributed by atoms with Crippen LogP contribution in [0.1, 0.15) is 0 Å². The molecule has 2 nitrogen and oxygen atoms in total. The molecule has 0 N–H and O–H groups in total. The maximum Gasteiger partial charge on any atom is 0.0900 e. The molecule has 6 aromatic carbocycles. The molecule has 0 saturated carbocycles. The fourth-order valence-corrected chi connectivity index (χ4v) is 6.00. The van der Waals surface area contributed by atoms with E-state index < -0.39 is 0 Å². The maximum absolute atomic E-state index is 5.23. The largest absolute Gasteiger partial charge is 0.246 e. The first kappa shape index (κ1) is 24.2. The molecule has 0 saturated heterocycles. The standard InChI is InChI=1S/C40H26N2/c1-3-11-27(12-4-1)28-19-21-31(22-20-28)35-26-39(42-37-24-23-30-15-7-8-16-32(30)40(35)37)38-25-34(29-13-5-2-6-14-29)33-17-9-10-18-36(33)41-38/h1-26H. The highest BCUT2D eigenvalue weighted by Gasteiger charge is 2.16. The Labute approximate surface area is 244 Å². The van der Waals surface area contributed by atoms with Crippen LogP contribution in [-0.4, -0.2) is 9.97 Å². The van der Waals surface area contributed by atoms with E-state index in [0.29, 0.717) is 0 Å². The highest BCUT2D eigenvalue weighted by atomic mass is 14.8. The van der Waals surface area contributed by atoms with Crippen molar-refractivity contribution in [3.05, 3.63) is 158 Å². The summed E-state index contributed by atoms with van der Waals surface area (Å²) in [5.74, 6) is 0. The second-order valence-electron chi connectivity index (χ2n) is 10.6. The van der Waals surface area contributed by atoms with Crippen LogP contribution in [0.4, 0.5) is 0 Å². The minimum atomic E-state index is 0.864. The molecule has 0 aliphatic rings. The third-order valence-electron chi connectivity index (χ3n) is 8.06. The molecule has 0 fully saturated rings. The summed E-state index contributed by atoms with van der Waals surface area (Å²) in [4.78, 5) is 10.4. The zero-order chi connectivity index (χ0) is 27.9. The van der Waals surface area contributed by atoms with Gasteiger partial charge >= 0.3 is 0 Å². The van der Waals surface area contributed by atoms with Gasteiger partial charge in [0.05, 0.1) is 22.4 Å². The first-order chi connectivity index (χ1) is 20.8. The zero-order valence-electron chi connectivity index (χ0n) is 22.9. The molecule has 0 radical (unpaired) electrons. The predicted octanol–water partition coefficient (Wildman–Crippen LogP) is 10.6. The molecular formula is C40H26N2. The van der Waals surface area contributed by atoms with Gasteiger partial charge in [-0.25, -0.2) is 9.97 Å². The summed E-state index contributed by atoms with van der Waals surface area (Å²) >= 11 is 0. The molecule has 0 aliphatic carbocycles. The number of nitrogens with zero attached hydrogens (tertiary/aromatic N) is 2. The lowest BCUT2D eigenvalue weighted by molar-refractivity contribution is 1.32. The Morgan fingerprint density at radius 2 is 0.857 bits per heavy atom. The number of rotatable bonds is 4. The van der Waals surface area contributed by atoms with Crippen molar-refractivity contribution in [1.29, 1.82) is 0 Å². The number of aromatic nitrogens is 2. The zero-order valence-corrected chi connectivity index (χ0v) is 22.9. The van der Waals surface area contributed by atoms with Gasteiger partial charge in [-0.3, -0.25) is 0 Å². The van der Waals surface area contributed by atoms with Crippen molar-refractivity contribution in [1.82, 2.24) is 9.97 Å². The molecule has 0 bridgehead atoms. The first-order valence-corrected chi connectivity index (χ1v) is 14.3. The van der Waals surface area contributed by atoms with Crippen LogP contribution >= 0.6 is 0 Å². The van der Waals surface area contributed by atoms with Crippen LogP contribution in [0.25, 0.3) is 77.3 Å². The van der Waals surface area contributed by atoms with E-state index in [0.717, 1.165) is 49.9 Å². The number of hydrogen-bond donors (Lipinski definition) is 0. The summed E-state index contributed by atoms with van der Waals surface area (Å²) in [6.07, 6.45) is 0. The summed E-state index contributed by atoms with van der Waals surface area (Å²) in [7, 11) is 0. The minimum Gasteiger partial charge on any atom is -0.246 e. The summed E-state index contributed by atoms with van der Waals surface area (Å²) < 4.78 is 0. The fourth-order valence-electron chi connectivity index (χ4n) is 6.00.